The van der Waals surface area contributed by atoms with Gasteiger partial charge in [0.1, 0.15) is 0 Å². The molecule has 0 aromatic carbocycles. The summed E-state index contributed by atoms with van der Waals surface area (Å²) in [5.41, 5.74) is -0.489. The van der Waals surface area contributed by atoms with Crippen LogP contribution in [0.15, 0.2) is 0 Å². The summed E-state index contributed by atoms with van der Waals surface area (Å²) in [5, 5.41) is 13.8. The summed E-state index contributed by atoms with van der Waals surface area (Å²) in [6.45, 7) is 6.84. The summed E-state index contributed by atoms with van der Waals surface area (Å²) >= 11 is 0. The Morgan fingerprint density at radius 3 is 2.76 bits per heavy atom. The molecule has 3 nitrogen and oxygen atoms in total. The standard InChI is InChI=1S/C14H29NO2/c1-12(2)13-5-4-7-14(16,8-6-13)11-15-9-10-17-3/h12-13,15-16H,4-11H2,1-3H3. The predicted molar refractivity (Wildman–Crippen MR) is 71.1 cm³/mol. The highest BCUT2D eigenvalue weighted by molar-refractivity contribution is 4.85. The van der Waals surface area contributed by atoms with Crippen LogP contribution < -0.4 is 5.32 Å². The van der Waals surface area contributed by atoms with E-state index in [-0.39, 0.29) is 0 Å². The van der Waals surface area contributed by atoms with Gasteiger partial charge in [-0.05, 0) is 31.1 Å². The molecule has 1 rings (SSSR count). The quantitative estimate of drug-likeness (QED) is 0.555. The van der Waals surface area contributed by atoms with Crippen molar-refractivity contribution in [3.05, 3.63) is 0 Å². The van der Waals surface area contributed by atoms with Gasteiger partial charge in [-0.1, -0.05) is 26.7 Å². The fourth-order valence-electron chi connectivity index (χ4n) is 2.76. The van der Waals surface area contributed by atoms with Crippen LogP contribution in [0.4, 0.5) is 0 Å². The first-order valence-corrected chi connectivity index (χ1v) is 6.99. The van der Waals surface area contributed by atoms with Gasteiger partial charge in [0.2, 0.25) is 0 Å². The highest BCUT2D eigenvalue weighted by Crippen LogP contribution is 2.33. The van der Waals surface area contributed by atoms with Crippen LogP contribution in [0.2, 0.25) is 0 Å². The number of aliphatic hydroxyl groups is 1. The van der Waals surface area contributed by atoms with E-state index >= 15 is 0 Å². The van der Waals surface area contributed by atoms with Crippen LogP contribution in [0, 0.1) is 11.8 Å². The lowest BCUT2D eigenvalue weighted by molar-refractivity contribution is 0.0225. The van der Waals surface area contributed by atoms with E-state index in [4.69, 9.17) is 4.74 Å². The molecule has 2 atom stereocenters. The van der Waals surface area contributed by atoms with Crippen molar-refractivity contribution in [2.75, 3.05) is 26.8 Å². The minimum atomic E-state index is -0.489. The van der Waals surface area contributed by atoms with E-state index in [9.17, 15) is 5.11 Å². The molecule has 0 radical (unpaired) electrons. The molecule has 0 spiro atoms. The van der Waals surface area contributed by atoms with Gasteiger partial charge < -0.3 is 15.2 Å². The van der Waals surface area contributed by atoms with Gasteiger partial charge >= 0.3 is 0 Å². The van der Waals surface area contributed by atoms with Crippen LogP contribution in [-0.4, -0.2) is 37.5 Å². The Labute approximate surface area is 106 Å². The second-order valence-corrected chi connectivity index (χ2v) is 5.83. The Hall–Kier alpha value is -0.120. The largest absolute Gasteiger partial charge is 0.389 e. The fourth-order valence-corrected chi connectivity index (χ4v) is 2.76. The highest BCUT2D eigenvalue weighted by atomic mass is 16.5. The minimum absolute atomic E-state index is 0.489. The molecule has 1 saturated carbocycles. The summed E-state index contributed by atoms with van der Waals surface area (Å²) < 4.78 is 4.99. The number of ether oxygens (including phenoxy) is 1. The summed E-state index contributed by atoms with van der Waals surface area (Å²) in [6.07, 6.45) is 5.48. The Morgan fingerprint density at radius 1 is 1.35 bits per heavy atom. The molecule has 1 aliphatic rings. The molecule has 0 aromatic rings. The predicted octanol–water partition coefficient (Wildman–Crippen LogP) is 2.19. The summed E-state index contributed by atoms with van der Waals surface area (Å²) in [5.74, 6) is 1.54. The topological polar surface area (TPSA) is 41.5 Å². The van der Waals surface area contributed by atoms with Crippen molar-refractivity contribution in [2.45, 2.75) is 51.6 Å². The second kappa shape index (κ2) is 7.34. The molecule has 17 heavy (non-hydrogen) atoms. The highest BCUT2D eigenvalue weighted by Gasteiger charge is 2.31. The zero-order chi connectivity index (χ0) is 12.7. The average molecular weight is 243 g/mol. The molecule has 0 aromatic heterocycles. The van der Waals surface area contributed by atoms with Crippen LogP contribution in [0.3, 0.4) is 0 Å². The third-order valence-corrected chi connectivity index (χ3v) is 4.08. The normalized spacial score (nSPS) is 30.5. The number of hydrogen-bond donors (Lipinski definition) is 2. The lowest BCUT2D eigenvalue weighted by atomic mass is 9.88. The molecule has 0 heterocycles. The Kier molecular flexibility index (Phi) is 6.45. The number of rotatable bonds is 6. The maximum atomic E-state index is 10.5. The Bertz CT molecular complexity index is 208. The lowest BCUT2D eigenvalue weighted by Gasteiger charge is -2.27. The van der Waals surface area contributed by atoms with Gasteiger partial charge in [0, 0.05) is 20.2 Å². The molecule has 1 aliphatic carbocycles. The lowest BCUT2D eigenvalue weighted by Crippen LogP contribution is -2.41. The molecular formula is C14H29NO2. The van der Waals surface area contributed by atoms with E-state index in [0.717, 1.165) is 37.6 Å². The van der Waals surface area contributed by atoms with Crippen molar-refractivity contribution in [1.82, 2.24) is 5.32 Å². The van der Waals surface area contributed by atoms with Gasteiger partial charge in [-0.25, -0.2) is 0 Å². The Balaban J connectivity index is 2.32. The van der Waals surface area contributed by atoms with Crippen molar-refractivity contribution in [3.8, 4) is 0 Å². The van der Waals surface area contributed by atoms with Gasteiger partial charge in [0.25, 0.3) is 0 Å². The van der Waals surface area contributed by atoms with Gasteiger partial charge in [-0.3, -0.25) is 0 Å². The zero-order valence-electron chi connectivity index (χ0n) is 11.7. The smallest absolute Gasteiger partial charge is 0.0771 e. The first-order chi connectivity index (χ1) is 8.07. The van der Waals surface area contributed by atoms with Crippen molar-refractivity contribution in [3.63, 3.8) is 0 Å². The van der Waals surface area contributed by atoms with Crippen molar-refractivity contribution >= 4 is 0 Å². The van der Waals surface area contributed by atoms with Crippen molar-refractivity contribution < 1.29 is 9.84 Å². The molecule has 102 valence electrons. The first-order valence-electron chi connectivity index (χ1n) is 6.99. The summed E-state index contributed by atoms with van der Waals surface area (Å²) in [7, 11) is 1.70. The third kappa shape index (κ3) is 5.36. The van der Waals surface area contributed by atoms with E-state index in [1.165, 1.54) is 12.8 Å². The summed E-state index contributed by atoms with van der Waals surface area (Å²) in [6, 6.07) is 0. The monoisotopic (exact) mass is 243 g/mol. The minimum Gasteiger partial charge on any atom is -0.389 e. The van der Waals surface area contributed by atoms with Crippen LogP contribution in [0.25, 0.3) is 0 Å². The average Bonchev–Trinajstić information content (AvgIpc) is 2.47. The number of methoxy groups -OCH3 is 1. The van der Waals surface area contributed by atoms with Crippen LogP contribution in [0.5, 0.6) is 0 Å². The molecule has 0 amide bonds. The van der Waals surface area contributed by atoms with E-state index in [0.29, 0.717) is 13.2 Å². The molecule has 2 N–H and O–H groups in total. The Morgan fingerprint density at radius 2 is 2.12 bits per heavy atom. The van der Waals surface area contributed by atoms with Crippen LogP contribution in [0.1, 0.15) is 46.0 Å². The molecule has 3 heteroatoms. The van der Waals surface area contributed by atoms with E-state index in [2.05, 4.69) is 19.2 Å². The maximum Gasteiger partial charge on any atom is 0.0771 e. The van der Waals surface area contributed by atoms with Crippen LogP contribution in [-0.2, 0) is 4.74 Å². The molecule has 1 fully saturated rings. The summed E-state index contributed by atoms with van der Waals surface area (Å²) in [4.78, 5) is 0. The van der Waals surface area contributed by atoms with E-state index in [1.54, 1.807) is 7.11 Å². The molecule has 0 aliphatic heterocycles. The van der Waals surface area contributed by atoms with Gasteiger partial charge in [0.05, 0.1) is 12.2 Å². The molecule has 0 bridgehead atoms. The molecule has 0 saturated heterocycles. The van der Waals surface area contributed by atoms with Gasteiger partial charge in [-0.2, -0.15) is 0 Å². The van der Waals surface area contributed by atoms with Crippen molar-refractivity contribution in [1.29, 1.82) is 0 Å². The maximum absolute atomic E-state index is 10.5. The van der Waals surface area contributed by atoms with Gasteiger partial charge in [-0.15, -0.1) is 0 Å². The number of nitrogens with one attached hydrogen (secondary N) is 1. The van der Waals surface area contributed by atoms with E-state index < -0.39 is 5.60 Å². The second-order valence-electron chi connectivity index (χ2n) is 5.83. The van der Waals surface area contributed by atoms with E-state index in [1.807, 2.05) is 0 Å². The van der Waals surface area contributed by atoms with Crippen LogP contribution >= 0.6 is 0 Å². The zero-order valence-corrected chi connectivity index (χ0v) is 11.7. The third-order valence-electron chi connectivity index (χ3n) is 4.08. The molecular weight excluding hydrogens is 214 g/mol. The fraction of sp³-hybridized carbons (Fsp3) is 1.00. The SMILES string of the molecule is COCCNCC1(O)CCCC(C(C)C)CC1. The first kappa shape index (κ1) is 14.9. The molecule has 2 unspecified atom stereocenters. The number of hydrogen-bond acceptors (Lipinski definition) is 3. The van der Waals surface area contributed by atoms with Crippen molar-refractivity contribution in [2.24, 2.45) is 11.8 Å². The van der Waals surface area contributed by atoms with Gasteiger partial charge in [0.15, 0.2) is 0 Å².